The second kappa shape index (κ2) is 9.12. The first-order valence-electron chi connectivity index (χ1n) is 7.26. The van der Waals surface area contributed by atoms with Crippen LogP contribution in [-0.4, -0.2) is 24.3 Å². The van der Waals surface area contributed by atoms with Crippen LogP contribution in [0.15, 0.2) is 29.2 Å². The molecule has 0 aliphatic carbocycles. The summed E-state index contributed by atoms with van der Waals surface area (Å²) in [5.41, 5.74) is 0. The topological polar surface area (TPSA) is 83.5 Å². The van der Waals surface area contributed by atoms with Crippen molar-refractivity contribution in [3.63, 3.8) is 0 Å². The smallest absolute Gasteiger partial charge is 0.329 e. The number of alkyl halides is 1. The number of unbranched alkanes of at least 4 members (excludes halogenated alkanes) is 4. The Bertz CT molecular complexity index is 568. The standard InChI is InChI=1S/C15H21ClO5S/c1-2-3-4-5-6-7-14(16)15(17)21-12-8-10-13(11-9-12)22(18,19)20/h8-11,14H,2-7H2,1H3,(H,18,19,20)/p-1. The predicted octanol–water partition coefficient (Wildman–Crippen LogP) is 3.46. The molecule has 0 saturated carbocycles. The lowest BCUT2D eigenvalue weighted by Gasteiger charge is -2.11. The van der Waals surface area contributed by atoms with Crippen LogP contribution in [0.1, 0.15) is 45.4 Å². The molecule has 124 valence electrons. The van der Waals surface area contributed by atoms with Gasteiger partial charge >= 0.3 is 5.97 Å². The number of esters is 1. The van der Waals surface area contributed by atoms with Crippen molar-refractivity contribution in [2.45, 2.75) is 55.7 Å². The molecule has 0 aliphatic heterocycles. The van der Waals surface area contributed by atoms with Crippen molar-refractivity contribution in [1.29, 1.82) is 0 Å². The van der Waals surface area contributed by atoms with Crippen LogP contribution < -0.4 is 4.74 Å². The molecular weight excluding hydrogens is 328 g/mol. The quantitative estimate of drug-likeness (QED) is 0.224. The Morgan fingerprint density at radius 3 is 2.32 bits per heavy atom. The van der Waals surface area contributed by atoms with Gasteiger partial charge < -0.3 is 9.29 Å². The first kappa shape index (κ1) is 18.9. The molecule has 1 aromatic rings. The Balaban J connectivity index is 2.44. The van der Waals surface area contributed by atoms with E-state index in [0.717, 1.165) is 37.8 Å². The molecule has 0 N–H and O–H groups in total. The molecule has 0 saturated heterocycles. The van der Waals surface area contributed by atoms with Crippen LogP contribution in [0.3, 0.4) is 0 Å². The maximum absolute atomic E-state index is 11.8. The van der Waals surface area contributed by atoms with Gasteiger partial charge in [0.05, 0.1) is 4.90 Å². The van der Waals surface area contributed by atoms with Gasteiger partial charge in [0.2, 0.25) is 0 Å². The second-order valence-electron chi connectivity index (χ2n) is 5.02. The number of halogens is 1. The average molecular weight is 348 g/mol. The highest BCUT2D eigenvalue weighted by Gasteiger charge is 2.17. The fourth-order valence-electron chi connectivity index (χ4n) is 1.90. The zero-order chi connectivity index (χ0) is 16.6. The van der Waals surface area contributed by atoms with E-state index in [4.69, 9.17) is 16.3 Å². The number of carbonyl (C=O) groups excluding carboxylic acids is 1. The monoisotopic (exact) mass is 347 g/mol. The first-order chi connectivity index (χ1) is 10.3. The van der Waals surface area contributed by atoms with Crippen LogP contribution in [0.4, 0.5) is 0 Å². The zero-order valence-corrected chi connectivity index (χ0v) is 14.0. The van der Waals surface area contributed by atoms with Gasteiger partial charge in [0, 0.05) is 0 Å². The molecule has 1 unspecified atom stereocenters. The summed E-state index contributed by atoms with van der Waals surface area (Å²) in [6.07, 6.45) is 5.88. The van der Waals surface area contributed by atoms with Crippen molar-refractivity contribution in [3.05, 3.63) is 24.3 Å². The Morgan fingerprint density at radius 1 is 1.18 bits per heavy atom. The van der Waals surface area contributed by atoms with Gasteiger partial charge in [0.15, 0.2) is 0 Å². The predicted molar refractivity (Wildman–Crippen MR) is 83.1 cm³/mol. The van der Waals surface area contributed by atoms with Gasteiger partial charge in [-0.15, -0.1) is 11.6 Å². The minimum absolute atomic E-state index is 0.161. The molecule has 1 aromatic carbocycles. The van der Waals surface area contributed by atoms with E-state index in [1.54, 1.807) is 0 Å². The summed E-state index contributed by atoms with van der Waals surface area (Å²) in [5, 5.41) is -0.732. The lowest BCUT2D eigenvalue weighted by Crippen LogP contribution is -2.20. The average Bonchev–Trinajstić information content (AvgIpc) is 2.46. The number of rotatable bonds is 9. The number of benzene rings is 1. The molecular formula is C15H20ClO5S-. The minimum Gasteiger partial charge on any atom is -0.744 e. The molecule has 0 aliphatic rings. The van der Waals surface area contributed by atoms with E-state index in [2.05, 4.69) is 6.92 Å². The van der Waals surface area contributed by atoms with Crippen molar-refractivity contribution < 1.29 is 22.5 Å². The fraction of sp³-hybridized carbons (Fsp3) is 0.533. The molecule has 7 heteroatoms. The maximum Gasteiger partial charge on any atom is 0.329 e. The Labute approximate surface area is 136 Å². The molecule has 22 heavy (non-hydrogen) atoms. The van der Waals surface area contributed by atoms with E-state index < -0.39 is 21.5 Å². The van der Waals surface area contributed by atoms with E-state index in [1.165, 1.54) is 18.6 Å². The van der Waals surface area contributed by atoms with E-state index >= 15 is 0 Å². The first-order valence-corrected chi connectivity index (χ1v) is 9.10. The number of hydrogen-bond donors (Lipinski definition) is 0. The van der Waals surface area contributed by atoms with Crippen molar-refractivity contribution in [2.75, 3.05) is 0 Å². The van der Waals surface area contributed by atoms with Gasteiger partial charge in [0.1, 0.15) is 21.2 Å². The van der Waals surface area contributed by atoms with Crippen LogP contribution >= 0.6 is 11.6 Å². The van der Waals surface area contributed by atoms with E-state index in [1.807, 2.05) is 0 Å². The Morgan fingerprint density at radius 2 is 1.77 bits per heavy atom. The molecule has 1 atom stereocenters. The summed E-state index contributed by atoms with van der Waals surface area (Å²) in [7, 11) is -4.50. The molecule has 0 bridgehead atoms. The molecule has 0 spiro atoms. The van der Waals surface area contributed by atoms with Gasteiger partial charge in [-0.25, -0.2) is 8.42 Å². The van der Waals surface area contributed by atoms with Crippen LogP contribution in [0, 0.1) is 0 Å². The maximum atomic E-state index is 11.8. The van der Waals surface area contributed by atoms with Crippen LogP contribution in [0.2, 0.25) is 0 Å². The van der Waals surface area contributed by atoms with Gasteiger partial charge in [0.25, 0.3) is 0 Å². The molecule has 1 rings (SSSR count). The van der Waals surface area contributed by atoms with Crippen molar-refractivity contribution in [3.8, 4) is 5.75 Å². The van der Waals surface area contributed by atoms with Crippen LogP contribution in [-0.2, 0) is 14.9 Å². The highest BCUT2D eigenvalue weighted by Crippen LogP contribution is 2.18. The van der Waals surface area contributed by atoms with E-state index in [9.17, 15) is 17.8 Å². The largest absolute Gasteiger partial charge is 0.744 e. The van der Waals surface area contributed by atoms with Gasteiger partial charge in [-0.2, -0.15) is 0 Å². The minimum atomic E-state index is -4.50. The summed E-state index contributed by atoms with van der Waals surface area (Å²) in [6.45, 7) is 2.13. The third-order valence-electron chi connectivity index (χ3n) is 3.15. The molecule has 0 amide bonds. The molecule has 0 fully saturated rings. The summed E-state index contributed by atoms with van der Waals surface area (Å²) in [6, 6.07) is 4.71. The number of carbonyl (C=O) groups is 1. The SMILES string of the molecule is CCCCCCCC(Cl)C(=O)Oc1ccc(S(=O)(=O)[O-])cc1. The van der Waals surface area contributed by atoms with Crippen LogP contribution in [0.5, 0.6) is 5.75 Å². The van der Waals surface area contributed by atoms with Gasteiger partial charge in [-0.3, -0.25) is 4.79 Å². The highest BCUT2D eigenvalue weighted by molar-refractivity contribution is 7.85. The summed E-state index contributed by atoms with van der Waals surface area (Å²) in [4.78, 5) is 11.4. The molecule has 0 aromatic heterocycles. The highest BCUT2D eigenvalue weighted by atomic mass is 35.5. The van der Waals surface area contributed by atoms with E-state index in [0.29, 0.717) is 6.42 Å². The van der Waals surface area contributed by atoms with Crippen molar-refractivity contribution >= 4 is 27.7 Å². The number of hydrogen-bond acceptors (Lipinski definition) is 5. The van der Waals surface area contributed by atoms with Gasteiger partial charge in [-0.05, 0) is 30.7 Å². The third kappa shape index (κ3) is 6.77. The zero-order valence-electron chi connectivity index (χ0n) is 12.5. The normalized spacial score (nSPS) is 12.9. The lowest BCUT2D eigenvalue weighted by molar-refractivity contribution is -0.134. The van der Waals surface area contributed by atoms with E-state index in [-0.39, 0.29) is 10.6 Å². The summed E-state index contributed by atoms with van der Waals surface area (Å²) >= 11 is 5.98. The lowest BCUT2D eigenvalue weighted by atomic mass is 10.1. The second-order valence-corrected chi connectivity index (χ2v) is 6.92. The van der Waals surface area contributed by atoms with Crippen LogP contribution in [0.25, 0.3) is 0 Å². The fourth-order valence-corrected chi connectivity index (χ4v) is 2.57. The molecule has 0 radical (unpaired) electrons. The van der Waals surface area contributed by atoms with Gasteiger partial charge in [-0.1, -0.05) is 39.0 Å². The number of ether oxygens (including phenoxy) is 1. The Kier molecular flexibility index (Phi) is 7.85. The summed E-state index contributed by atoms with van der Waals surface area (Å²) < 4.78 is 37.4. The molecule has 0 heterocycles. The molecule has 5 nitrogen and oxygen atoms in total. The Hall–Kier alpha value is -1.11. The van der Waals surface area contributed by atoms with Crippen molar-refractivity contribution in [1.82, 2.24) is 0 Å². The van der Waals surface area contributed by atoms with Crippen molar-refractivity contribution in [2.24, 2.45) is 0 Å². The summed E-state index contributed by atoms with van der Waals surface area (Å²) in [5.74, 6) is -0.413. The third-order valence-corrected chi connectivity index (χ3v) is 4.39.